The zero-order valence-corrected chi connectivity index (χ0v) is 15.0. The highest BCUT2D eigenvalue weighted by Crippen LogP contribution is 2.34. The van der Waals surface area contributed by atoms with Gasteiger partial charge >= 0.3 is 12.1 Å². The number of carboxylic acid groups (broad SMARTS) is 1. The zero-order chi connectivity index (χ0) is 17.1. The van der Waals surface area contributed by atoms with E-state index in [1.807, 2.05) is 0 Å². The fraction of sp³-hybridized carbons (Fsp3) is 0.500. The molecule has 0 aliphatic rings. The molecule has 1 aromatic rings. The molecule has 0 unspecified atom stereocenters. The molecule has 1 aromatic carbocycles. The molecule has 0 fully saturated rings. The van der Waals surface area contributed by atoms with E-state index < -0.39 is 29.1 Å². The van der Waals surface area contributed by atoms with E-state index in [1.165, 1.54) is 0 Å². The molecular formula is C16H22BrNO4. The van der Waals surface area contributed by atoms with Crippen LogP contribution >= 0.6 is 15.9 Å². The van der Waals surface area contributed by atoms with Crippen LogP contribution < -0.4 is 5.32 Å². The number of hydrogen-bond donors (Lipinski definition) is 2. The van der Waals surface area contributed by atoms with E-state index in [1.54, 1.807) is 58.9 Å². The van der Waals surface area contributed by atoms with E-state index in [2.05, 4.69) is 21.2 Å². The standard InChI is InChI=1S/C16H22BrNO4/c1-15(2,3)22-14(21)18-12(16(4,5)13(19)20)10-6-8-11(17)9-7-10/h6-9,12H,1-5H3,(H,18,21)(H,19,20)/t12-/m0/s1. The second kappa shape index (κ2) is 6.69. The molecular weight excluding hydrogens is 350 g/mol. The first kappa shape index (κ1) is 18.5. The Morgan fingerprint density at radius 3 is 2.05 bits per heavy atom. The van der Waals surface area contributed by atoms with Gasteiger partial charge in [0.15, 0.2) is 0 Å². The first-order valence-electron chi connectivity index (χ1n) is 6.92. The number of carboxylic acids is 1. The predicted octanol–water partition coefficient (Wildman–Crippen LogP) is 4.13. The number of amides is 1. The Kier molecular flexibility index (Phi) is 5.62. The molecule has 0 saturated heterocycles. The van der Waals surface area contributed by atoms with Gasteiger partial charge in [-0.1, -0.05) is 28.1 Å². The lowest BCUT2D eigenvalue weighted by Crippen LogP contribution is -2.44. The van der Waals surface area contributed by atoms with Gasteiger partial charge in [0.25, 0.3) is 0 Å². The molecule has 22 heavy (non-hydrogen) atoms. The molecule has 0 aliphatic carbocycles. The third-order valence-corrected chi connectivity index (χ3v) is 3.67. The molecule has 1 amide bonds. The largest absolute Gasteiger partial charge is 0.481 e. The second-order valence-electron chi connectivity index (χ2n) is 6.66. The summed E-state index contributed by atoms with van der Waals surface area (Å²) in [7, 11) is 0. The summed E-state index contributed by atoms with van der Waals surface area (Å²) in [5.74, 6) is -1.00. The summed E-state index contributed by atoms with van der Waals surface area (Å²) in [5, 5.41) is 12.1. The van der Waals surface area contributed by atoms with Crippen LogP contribution in [0.5, 0.6) is 0 Å². The van der Waals surface area contributed by atoms with Crippen molar-refractivity contribution < 1.29 is 19.4 Å². The minimum Gasteiger partial charge on any atom is -0.481 e. The maximum Gasteiger partial charge on any atom is 0.408 e. The third kappa shape index (κ3) is 5.02. The van der Waals surface area contributed by atoms with Crippen molar-refractivity contribution in [1.29, 1.82) is 0 Å². The van der Waals surface area contributed by atoms with Gasteiger partial charge in [-0.3, -0.25) is 4.79 Å². The molecule has 0 radical (unpaired) electrons. The van der Waals surface area contributed by atoms with E-state index in [4.69, 9.17) is 4.74 Å². The molecule has 2 N–H and O–H groups in total. The molecule has 0 bridgehead atoms. The van der Waals surface area contributed by atoms with Crippen molar-refractivity contribution in [3.05, 3.63) is 34.3 Å². The van der Waals surface area contributed by atoms with Gasteiger partial charge in [-0.2, -0.15) is 0 Å². The number of alkyl carbamates (subject to hydrolysis) is 1. The fourth-order valence-electron chi connectivity index (χ4n) is 1.88. The number of benzene rings is 1. The molecule has 0 saturated carbocycles. The maximum absolute atomic E-state index is 12.0. The smallest absolute Gasteiger partial charge is 0.408 e. The van der Waals surface area contributed by atoms with Crippen molar-refractivity contribution in [2.75, 3.05) is 0 Å². The normalized spacial score (nSPS) is 13.4. The summed E-state index contributed by atoms with van der Waals surface area (Å²) < 4.78 is 6.11. The molecule has 122 valence electrons. The maximum atomic E-state index is 12.0. The van der Waals surface area contributed by atoms with E-state index in [9.17, 15) is 14.7 Å². The Hall–Kier alpha value is -1.56. The van der Waals surface area contributed by atoms with Gasteiger partial charge < -0.3 is 15.2 Å². The van der Waals surface area contributed by atoms with Crippen molar-refractivity contribution >= 4 is 28.0 Å². The lowest BCUT2D eigenvalue weighted by Gasteiger charge is -2.32. The summed E-state index contributed by atoms with van der Waals surface area (Å²) in [6.45, 7) is 8.40. The number of aliphatic carboxylic acids is 1. The quantitative estimate of drug-likeness (QED) is 0.834. The van der Waals surface area contributed by atoms with Crippen LogP contribution in [0.2, 0.25) is 0 Å². The van der Waals surface area contributed by atoms with Crippen molar-refractivity contribution in [2.24, 2.45) is 5.41 Å². The van der Waals surface area contributed by atoms with Crippen molar-refractivity contribution in [1.82, 2.24) is 5.32 Å². The monoisotopic (exact) mass is 371 g/mol. The Morgan fingerprint density at radius 1 is 1.14 bits per heavy atom. The lowest BCUT2D eigenvalue weighted by atomic mass is 9.80. The Labute approximate surface area is 139 Å². The number of ether oxygens (including phenoxy) is 1. The van der Waals surface area contributed by atoms with Crippen LogP contribution in [-0.4, -0.2) is 22.8 Å². The van der Waals surface area contributed by atoms with Crippen LogP contribution in [0.15, 0.2) is 28.7 Å². The van der Waals surface area contributed by atoms with Gasteiger partial charge in [-0.15, -0.1) is 0 Å². The molecule has 6 heteroatoms. The highest BCUT2D eigenvalue weighted by molar-refractivity contribution is 9.10. The summed E-state index contributed by atoms with van der Waals surface area (Å²) in [6.07, 6.45) is -0.644. The zero-order valence-electron chi connectivity index (χ0n) is 13.4. The SMILES string of the molecule is CC(C)(C)OC(=O)N[C@@H](c1ccc(Br)cc1)C(C)(C)C(=O)O. The molecule has 0 heterocycles. The average molecular weight is 372 g/mol. The van der Waals surface area contributed by atoms with Crippen LogP contribution in [-0.2, 0) is 9.53 Å². The number of halogens is 1. The fourth-order valence-corrected chi connectivity index (χ4v) is 2.15. The number of hydrogen-bond acceptors (Lipinski definition) is 3. The van der Waals surface area contributed by atoms with Gasteiger partial charge in [-0.25, -0.2) is 4.79 Å². The van der Waals surface area contributed by atoms with E-state index in [0.29, 0.717) is 5.56 Å². The summed E-state index contributed by atoms with van der Waals surface area (Å²) in [4.78, 5) is 23.6. The number of nitrogens with one attached hydrogen (secondary N) is 1. The number of carbonyl (C=O) groups excluding carboxylic acids is 1. The van der Waals surface area contributed by atoms with Gasteiger partial charge in [0.1, 0.15) is 5.60 Å². The van der Waals surface area contributed by atoms with Gasteiger partial charge in [0.2, 0.25) is 0 Å². The first-order valence-corrected chi connectivity index (χ1v) is 7.71. The summed E-state index contributed by atoms with van der Waals surface area (Å²) >= 11 is 3.34. The Bertz CT molecular complexity index is 546. The topological polar surface area (TPSA) is 75.6 Å². The van der Waals surface area contributed by atoms with Crippen LogP contribution in [0.4, 0.5) is 4.79 Å². The van der Waals surface area contributed by atoms with Gasteiger partial charge in [0, 0.05) is 4.47 Å². The van der Waals surface area contributed by atoms with Crippen molar-refractivity contribution in [3.63, 3.8) is 0 Å². The van der Waals surface area contributed by atoms with Crippen LogP contribution in [0, 0.1) is 5.41 Å². The lowest BCUT2D eigenvalue weighted by molar-refractivity contribution is -0.148. The Balaban J connectivity index is 3.10. The minimum atomic E-state index is -1.19. The highest BCUT2D eigenvalue weighted by atomic mass is 79.9. The molecule has 0 spiro atoms. The first-order chi connectivity index (χ1) is 9.93. The van der Waals surface area contributed by atoms with E-state index in [0.717, 1.165) is 4.47 Å². The second-order valence-corrected chi connectivity index (χ2v) is 7.57. The number of carbonyl (C=O) groups is 2. The van der Waals surface area contributed by atoms with Crippen LogP contribution in [0.25, 0.3) is 0 Å². The van der Waals surface area contributed by atoms with Gasteiger partial charge in [0.05, 0.1) is 11.5 Å². The van der Waals surface area contributed by atoms with Crippen LogP contribution in [0.3, 0.4) is 0 Å². The molecule has 1 rings (SSSR count). The van der Waals surface area contributed by atoms with Gasteiger partial charge in [-0.05, 0) is 52.3 Å². The minimum absolute atomic E-state index is 0.644. The number of rotatable bonds is 4. The molecule has 5 nitrogen and oxygen atoms in total. The molecule has 0 aliphatic heterocycles. The predicted molar refractivity (Wildman–Crippen MR) is 87.7 cm³/mol. The highest BCUT2D eigenvalue weighted by Gasteiger charge is 2.39. The average Bonchev–Trinajstić information content (AvgIpc) is 2.34. The molecule has 1 atom stereocenters. The van der Waals surface area contributed by atoms with E-state index >= 15 is 0 Å². The van der Waals surface area contributed by atoms with E-state index in [-0.39, 0.29) is 0 Å². The van der Waals surface area contributed by atoms with Crippen molar-refractivity contribution in [2.45, 2.75) is 46.3 Å². The van der Waals surface area contributed by atoms with Crippen molar-refractivity contribution in [3.8, 4) is 0 Å². The molecule has 0 aromatic heterocycles. The summed E-state index contributed by atoms with van der Waals surface area (Å²) in [5.41, 5.74) is -1.15. The Morgan fingerprint density at radius 2 is 1.64 bits per heavy atom. The van der Waals surface area contributed by atoms with Crippen LogP contribution in [0.1, 0.15) is 46.2 Å². The third-order valence-electron chi connectivity index (χ3n) is 3.14. The summed E-state index contributed by atoms with van der Waals surface area (Å²) in [6, 6.07) is 6.44.